The van der Waals surface area contributed by atoms with Crippen molar-refractivity contribution in [3.05, 3.63) is 50.5 Å². The van der Waals surface area contributed by atoms with Crippen LogP contribution in [0, 0.1) is 12.7 Å². The van der Waals surface area contributed by atoms with Crippen molar-refractivity contribution in [1.82, 2.24) is 15.1 Å². The summed E-state index contributed by atoms with van der Waals surface area (Å²) in [5, 5.41) is 7.91. The van der Waals surface area contributed by atoms with Gasteiger partial charge in [0.2, 0.25) is 0 Å². The van der Waals surface area contributed by atoms with Gasteiger partial charge in [0.15, 0.2) is 0 Å². The van der Waals surface area contributed by atoms with Gasteiger partial charge in [-0.05, 0) is 42.0 Å². The molecule has 2 rings (SSSR count). The summed E-state index contributed by atoms with van der Waals surface area (Å²) in [6.45, 7) is 1.93. The molecule has 0 saturated heterocycles. The van der Waals surface area contributed by atoms with Crippen molar-refractivity contribution in [3.8, 4) is 0 Å². The van der Waals surface area contributed by atoms with Gasteiger partial charge in [-0.15, -0.1) is 0 Å². The summed E-state index contributed by atoms with van der Waals surface area (Å²) >= 11 is 9.67. The second-order valence-electron chi connectivity index (χ2n) is 4.65. The van der Waals surface area contributed by atoms with E-state index in [9.17, 15) is 4.39 Å². The van der Waals surface area contributed by atoms with Crippen molar-refractivity contribution < 1.29 is 4.39 Å². The van der Waals surface area contributed by atoms with E-state index in [0.29, 0.717) is 17.0 Å². The van der Waals surface area contributed by atoms with Gasteiger partial charge in [-0.2, -0.15) is 5.10 Å². The Labute approximate surface area is 131 Å². The third kappa shape index (κ3) is 2.90. The molecule has 1 heterocycles. The summed E-state index contributed by atoms with van der Waals surface area (Å²) in [7, 11) is 3.67. The maximum Gasteiger partial charge on any atom is 0.129 e. The van der Waals surface area contributed by atoms with Crippen LogP contribution < -0.4 is 5.32 Å². The van der Waals surface area contributed by atoms with Gasteiger partial charge in [-0.1, -0.05) is 17.7 Å². The molecule has 1 N–H and O–H groups in total. The minimum absolute atomic E-state index is 0.213. The number of nitrogens with one attached hydrogen (secondary N) is 1. The van der Waals surface area contributed by atoms with Crippen LogP contribution in [-0.2, 0) is 13.5 Å². The zero-order valence-corrected chi connectivity index (χ0v) is 13.9. The first kappa shape index (κ1) is 15.5. The number of likely N-dealkylation sites (N-methyl/N-ethyl adjacent to an activating group) is 1. The summed E-state index contributed by atoms with van der Waals surface area (Å²) in [5.74, 6) is -0.299. The fourth-order valence-corrected chi connectivity index (χ4v) is 3.08. The van der Waals surface area contributed by atoms with E-state index in [1.165, 1.54) is 6.07 Å². The highest BCUT2D eigenvalue weighted by Gasteiger charge is 2.21. The zero-order valence-electron chi connectivity index (χ0n) is 11.5. The Morgan fingerprint density at radius 1 is 1.50 bits per heavy atom. The van der Waals surface area contributed by atoms with Gasteiger partial charge in [-0.3, -0.25) is 4.68 Å². The van der Waals surface area contributed by atoms with E-state index < -0.39 is 0 Å². The average Bonchev–Trinajstić information content (AvgIpc) is 2.63. The molecule has 2 aromatic rings. The minimum Gasteiger partial charge on any atom is -0.313 e. The lowest BCUT2D eigenvalue weighted by molar-refractivity contribution is 0.519. The summed E-state index contributed by atoms with van der Waals surface area (Å²) in [6, 6.07) is 4.52. The highest BCUT2D eigenvalue weighted by molar-refractivity contribution is 9.10. The topological polar surface area (TPSA) is 29.9 Å². The zero-order chi connectivity index (χ0) is 14.9. The first-order valence-corrected chi connectivity index (χ1v) is 7.42. The van der Waals surface area contributed by atoms with E-state index in [-0.39, 0.29) is 11.9 Å². The van der Waals surface area contributed by atoms with Crippen LogP contribution in [-0.4, -0.2) is 16.8 Å². The quantitative estimate of drug-likeness (QED) is 0.899. The van der Waals surface area contributed by atoms with E-state index >= 15 is 0 Å². The molecule has 3 nitrogen and oxygen atoms in total. The van der Waals surface area contributed by atoms with Crippen LogP contribution in [0.3, 0.4) is 0 Å². The maximum atomic E-state index is 14.0. The van der Waals surface area contributed by atoms with Gasteiger partial charge in [0.1, 0.15) is 5.82 Å². The van der Waals surface area contributed by atoms with E-state index in [2.05, 4.69) is 26.3 Å². The Morgan fingerprint density at radius 3 is 2.70 bits per heavy atom. The number of rotatable bonds is 4. The van der Waals surface area contributed by atoms with E-state index in [0.717, 1.165) is 15.9 Å². The molecule has 0 radical (unpaired) electrons. The molecule has 0 fully saturated rings. The number of nitrogens with zero attached hydrogens (tertiary/aromatic N) is 2. The van der Waals surface area contributed by atoms with Crippen LogP contribution in [0.4, 0.5) is 4.39 Å². The SMILES string of the molecule is CNC(Cc1c(Br)c(C)nn1C)c1c(F)cccc1Cl. The third-order valence-electron chi connectivity index (χ3n) is 3.36. The van der Waals surface area contributed by atoms with Crippen molar-refractivity contribution in [2.24, 2.45) is 7.05 Å². The Balaban J connectivity index is 2.39. The van der Waals surface area contributed by atoms with E-state index in [1.54, 1.807) is 23.9 Å². The molecule has 0 amide bonds. The van der Waals surface area contributed by atoms with Gasteiger partial charge in [0.05, 0.1) is 15.9 Å². The Kier molecular flexibility index (Phi) is 4.83. The van der Waals surface area contributed by atoms with Crippen LogP contribution in [0.25, 0.3) is 0 Å². The molecule has 0 bridgehead atoms. The predicted octanol–water partition coefficient (Wildman–Crippen LogP) is 3.79. The van der Waals surface area contributed by atoms with Crippen molar-refractivity contribution in [2.45, 2.75) is 19.4 Å². The molecule has 0 saturated carbocycles. The smallest absolute Gasteiger partial charge is 0.129 e. The minimum atomic E-state index is -0.299. The highest BCUT2D eigenvalue weighted by Crippen LogP contribution is 2.30. The second kappa shape index (κ2) is 6.24. The third-order valence-corrected chi connectivity index (χ3v) is 4.72. The maximum absolute atomic E-state index is 14.0. The molecular formula is C14H16BrClFN3. The molecule has 108 valence electrons. The predicted molar refractivity (Wildman–Crippen MR) is 82.6 cm³/mol. The summed E-state index contributed by atoms with van der Waals surface area (Å²) in [6.07, 6.45) is 0.592. The number of hydrogen-bond donors (Lipinski definition) is 1. The van der Waals surface area contributed by atoms with Crippen LogP contribution in [0.5, 0.6) is 0 Å². The van der Waals surface area contributed by atoms with Gasteiger partial charge >= 0.3 is 0 Å². The van der Waals surface area contributed by atoms with Crippen LogP contribution in [0.1, 0.15) is 23.0 Å². The van der Waals surface area contributed by atoms with Crippen molar-refractivity contribution in [3.63, 3.8) is 0 Å². The fraction of sp³-hybridized carbons (Fsp3) is 0.357. The van der Waals surface area contributed by atoms with Crippen molar-refractivity contribution in [1.29, 1.82) is 0 Å². The molecule has 1 atom stereocenters. The molecule has 6 heteroatoms. The Morgan fingerprint density at radius 2 is 2.20 bits per heavy atom. The largest absolute Gasteiger partial charge is 0.313 e. The van der Waals surface area contributed by atoms with Crippen LogP contribution in [0.15, 0.2) is 22.7 Å². The molecular weight excluding hydrogens is 345 g/mol. The number of benzene rings is 1. The van der Waals surface area contributed by atoms with Crippen LogP contribution in [0.2, 0.25) is 5.02 Å². The standard InChI is InChI=1S/C14H16BrClFN3/c1-8-14(15)12(20(3)19-8)7-11(18-2)13-9(16)5-4-6-10(13)17/h4-6,11,18H,7H2,1-3H3. The van der Waals surface area contributed by atoms with Gasteiger partial charge < -0.3 is 5.32 Å². The molecule has 0 aliphatic rings. The molecule has 20 heavy (non-hydrogen) atoms. The fourth-order valence-electron chi connectivity index (χ4n) is 2.29. The molecule has 1 aromatic carbocycles. The first-order chi connectivity index (χ1) is 9.45. The van der Waals surface area contributed by atoms with E-state index in [4.69, 9.17) is 11.6 Å². The van der Waals surface area contributed by atoms with Crippen molar-refractivity contribution in [2.75, 3.05) is 7.05 Å². The molecule has 1 unspecified atom stereocenters. The molecule has 0 aliphatic carbocycles. The lowest BCUT2D eigenvalue weighted by Gasteiger charge is -2.19. The number of aromatic nitrogens is 2. The Bertz CT molecular complexity index is 607. The van der Waals surface area contributed by atoms with E-state index in [1.807, 2.05) is 14.0 Å². The second-order valence-corrected chi connectivity index (χ2v) is 5.85. The summed E-state index contributed by atoms with van der Waals surface area (Å²) < 4.78 is 16.8. The first-order valence-electron chi connectivity index (χ1n) is 6.24. The summed E-state index contributed by atoms with van der Waals surface area (Å²) in [5.41, 5.74) is 2.40. The van der Waals surface area contributed by atoms with Crippen molar-refractivity contribution >= 4 is 27.5 Å². The van der Waals surface area contributed by atoms with Gasteiger partial charge in [0, 0.05) is 30.1 Å². The molecule has 1 aromatic heterocycles. The normalized spacial score (nSPS) is 12.7. The lowest BCUT2D eigenvalue weighted by Crippen LogP contribution is -2.22. The number of hydrogen-bond acceptors (Lipinski definition) is 2. The average molecular weight is 361 g/mol. The summed E-state index contributed by atoms with van der Waals surface area (Å²) in [4.78, 5) is 0. The monoisotopic (exact) mass is 359 g/mol. The molecule has 0 aliphatic heterocycles. The van der Waals surface area contributed by atoms with Gasteiger partial charge in [-0.25, -0.2) is 4.39 Å². The van der Waals surface area contributed by atoms with Gasteiger partial charge in [0.25, 0.3) is 0 Å². The lowest BCUT2D eigenvalue weighted by atomic mass is 10.0. The Hall–Kier alpha value is -0.910. The van der Waals surface area contributed by atoms with Crippen LogP contribution >= 0.6 is 27.5 Å². The number of aryl methyl sites for hydroxylation is 2. The number of halogens is 3. The molecule has 0 spiro atoms. The highest BCUT2D eigenvalue weighted by atomic mass is 79.9.